The van der Waals surface area contributed by atoms with E-state index in [-0.39, 0.29) is 35.0 Å². The molecule has 1 atom stereocenters. The first-order valence-corrected chi connectivity index (χ1v) is 10.1. The standard InChI is InChI=1S/C22H33N3O3/c1-14(2)18(21(28)24-13-12-23-19(26)15-6-7-15)25-20(27)16-8-10-17(11-9-16)22(3,4)5/h8-11,14-15,18H,6-7,12-13H2,1-5H3,(H,23,26)(H,24,28)(H,25,27). The Labute approximate surface area is 167 Å². The van der Waals surface area contributed by atoms with E-state index in [1.807, 2.05) is 26.0 Å². The van der Waals surface area contributed by atoms with Crippen LogP contribution >= 0.6 is 0 Å². The number of hydrogen-bond donors (Lipinski definition) is 3. The van der Waals surface area contributed by atoms with Crippen molar-refractivity contribution in [3.8, 4) is 0 Å². The smallest absolute Gasteiger partial charge is 0.251 e. The second-order valence-electron chi connectivity index (χ2n) is 8.88. The van der Waals surface area contributed by atoms with Crippen LogP contribution in [0.4, 0.5) is 0 Å². The van der Waals surface area contributed by atoms with E-state index in [2.05, 4.69) is 36.7 Å². The van der Waals surface area contributed by atoms with Crippen LogP contribution in [-0.2, 0) is 15.0 Å². The lowest BCUT2D eigenvalue weighted by Crippen LogP contribution is -2.50. The largest absolute Gasteiger partial charge is 0.354 e. The minimum absolute atomic E-state index is 0.0181. The van der Waals surface area contributed by atoms with E-state index in [0.29, 0.717) is 18.7 Å². The van der Waals surface area contributed by atoms with Gasteiger partial charge in [-0.25, -0.2) is 0 Å². The third-order valence-electron chi connectivity index (χ3n) is 4.92. The van der Waals surface area contributed by atoms with Crippen molar-refractivity contribution in [3.63, 3.8) is 0 Å². The molecular weight excluding hydrogens is 354 g/mol. The van der Waals surface area contributed by atoms with Gasteiger partial charge in [0, 0.05) is 24.6 Å². The number of hydrogen-bond acceptors (Lipinski definition) is 3. The van der Waals surface area contributed by atoms with Gasteiger partial charge in [-0.2, -0.15) is 0 Å². The number of benzene rings is 1. The second-order valence-corrected chi connectivity index (χ2v) is 8.88. The van der Waals surface area contributed by atoms with Crippen molar-refractivity contribution in [1.29, 1.82) is 0 Å². The highest BCUT2D eigenvalue weighted by Gasteiger charge is 2.29. The van der Waals surface area contributed by atoms with Gasteiger partial charge in [0.2, 0.25) is 11.8 Å². The summed E-state index contributed by atoms with van der Waals surface area (Å²) in [5, 5.41) is 8.44. The average molecular weight is 388 g/mol. The summed E-state index contributed by atoms with van der Waals surface area (Å²) in [4.78, 5) is 36.7. The fourth-order valence-electron chi connectivity index (χ4n) is 2.85. The number of carbonyl (C=O) groups is 3. The zero-order valence-electron chi connectivity index (χ0n) is 17.6. The van der Waals surface area contributed by atoms with Crippen molar-refractivity contribution < 1.29 is 14.4 Å². The molecule has 6 heteroatoms. The molecular formula is C22H33N3O3. The van der Waals surface area contributed by atoms with E-state index in [1.165, 1.54) is 0 Å². The van der Waals surface area contributed by atoms with Gasteiger partial charge < -0.3 is 16.0 Å². The summed E-state index contributed by atoms with van der Waals surface area (Å²) >= 11 is 0. The molecule has 0 aromatic heterocycles. The Morgan fingerprint density at radius 1 is 1.00 bits per heavy atom. The Morgan fingerprint density at radius 2 is 1.57 bits per heavy atom. The molecule has 0 bridgehead atoms. The molecule has 2 rings (SSSR count). The van der Waals surface area contributed by atoms with Gasteiger partial charge in [-0.3, -0.25) is 14.4 Å². The quantitative estimate of drug-likeness (QED) is 0.599. The maximum atomic E-state index is 12.6. The van der Waals surface area contributed by atoms with Crippen LogP contribution in [0.1, 0.15) is 63.4 Å². The summed E-state index contributed by atoms with van der Waals surface area (Å²) in [6.07, 6.45) is 1.91. The molecule has 1 unspecified atom stereocenters. The highest BCUT2D eigenvalue weighted by molar-refractivity contribution is 5.97. The highest BCUT2D eigenvalue weighted by Crippen LogP contribution is 2.28. The lowest BCUT2D eigenvalue weighted by atomic mass is 9.86. The summed E-state index contributed by atoms with van der Waals surface area (Å²) < 4.78 is 0. The van der Waals surface area contributed by atoms with Crippen molar-refractivity contribution >= 4 is 17.7 Å². The summed E-state index contributed by atoms with van der Waals surface area (Å²) in [5.41, 5.74) is 1.70. The first-order valence-electron chi connectivity index (χ1n) is 10.1. The average Bonchev–Trinajstić information content (AvgIpc) is 3.47. The van der Waals surface area contributed by atoms with Crippen molar-refractivity contribution in [2.75, 3.05) is 13.1 Å². The summed E-state index contributed by atoms with van der Waals surface area (Å²) in [6.45, 7) is 10.9. The molecule has 3 amide bonds. The van der Waals surface area contributed by atoms with Crippen LogP contribution in [0, 0.1) is 11.8 Å². The van der Waals surface area contributed by atoms with Crippen LogP contribution in [0.3, 0.4) is 0 Å². The maximum absolute atomic E-state index is 12.6. The van der Waals surface area contributed by atoms with Gasteiger partial charge in [0.25, 0.3) is 5.91 Å². The monoisotopic (exact) mass is 387 g/mol. The van der Waals surface area contributed by atoms with Crippen LogP contribution in [-0.4, -0.2) is 36.9 Å². The van der Waals surface area contributed by atoms with Crippen LogP contribution in [0.25, 0.3) is 0 Å². The lowest BCUT2D eigenvalue weighted by molar-refractivity contribution is -0.125. The second kappa shape index (κ2) is 9.22. The zero-order chi connectivity index (χ0) is 20.9. The minimum Gasteiger partial charge on any atom is -0.354 e. The van der Waals surface area contributed by atoms with Gasteiger partial charge in [-0.15, -0.1) is 0 Å². The van der Waals surface area contributed by atoms with Crippen molar-refractivity contribution in [2.45, 2.75) is 58.9 Å². The molecule has 1 aromatic rings. The molecule has 3 N–H and O–H groups in total. The Balaban J connectivity index is 1.87. The third-order valence-corrected chi connectivity index (χ3v) is 4.92. The van der Waals surface area contributed by atoms with Crippen molar-refractivity contribution in [3.05, 3.63) is 35.4 Å². The summed E-state index contributed by atoms with van der Waals surface area (Å²) in [6, 6.07) is 6.84. The molecule has 28 heavy (non-hydrogen) atoms. The fourth-order valence-corrected chi connectivity index (χ4v) is 2.85. The van der Waals surface area contributed by atoms with Gasteiger partial charge >= 0.3 is 0 Å². The molecule has 0 aliphatic heterocycles. The molecule has 1 aliphatic rings. The summed E-state index contributed by atoms with van der Waals surface area (Å²) in [7, 11) is 0. The number of rotatable bonds is 8. The molecule has 0 heterocycles. The molecule has 1 aliphatic carbocycles. The molecule has 1 fully saturated rings. The highest BCUT2D eigenvalue weighted by atomic mass is 16.2. The van der Waals surface area contributed by atoms with E-state index in [0.717, 1.165) is 18.4 Å². The van der Waals surface area contributed by atoms with Crippen molar-refractivity contribution in [1.82, 2.24) is 16.0 Å². The number of carbonyl (C=O) groups excluding carboxylic acids is 3. The number of amides is 3. The molecule has 0 spiro atoms. The van der Waals surface area contributed by atoms with Crippen LogP contribution in [0.5, 0.6) is 0 Å². The molecule has 154 valence electrons. The van der Waals surface area contributed by atoms with E-state index in [1.54, 1.807) is 12.1 Å². The number of nitrogens with one attached hydrogen (secondary N) is 3. The zero-order valence-corrected chi connectivity index (χ0v) is 17.6. The minimum atomic E-state index is -0.631. The van der Waals surface area contributed by atoms with Crippen LogP contribution in [0.15, 0.2) is 24.3 Å². The van der Waals surface area contributed by atoms with Crippen molar-refractivity contribution in [2.24, 2.45) is 11.8 Å². The van der Waals surface area contributed by atoms with Gasteiger partial charge in [0.15, 0.2) is 0 Å². The molecule has 0 radical (unpaired) electrons. The van der Waals surface area contributed by atoms with Crippen LogP contribution in [0.2, 0.25) is 0 Å². The lowest BCUT2D eigenvalue weighted by Gasteiger charge is -2.22. The maximum Gasteiger partial charge on any atom is 0.251 e. The van der Waals surface area contributed by atoms with Crippen LogP contribution < -0.4 is 16.0 Å². The topological polar surface area (TPSA) is 87.3 Å². The van der Waals surface area contributed by atoms with Gasteiger partial charge in [-0.05, 0) is 41.9 Å². The molecule has 1 aromatic carbocycles. The van der Waals surface area contributed by atoms with Gasteiger partial charge in [0.05, 0.1) is 0 Å². The first-order chi connectivity index (χ1) is 13.1. The van der Waals surface area contributed by atoms with Gasteiger partial charge in [0.1, 0.15) is 6.04 Å². The fraction of sp³-hybridized carbons (Fsp3) is 0.591. The Hall–Kier alpha value is -2.37. The Bertz CT molecular complexity index is 701. The van der Waals surface area contributed by atoms with Gasteiger partial charge in [-0.1, -0.05) is 46.8 Å². The molecule has 0 saturated heterocycles. The molecule has 1 saturated carbocycles. The SMILES string of the molecule is CC(C)C(NC(=O)c1ccc(C(C)(C)C)cc1)C(=O)NCCNC(=O)C1CC1. The van der Waals surface area contributed by atoms with E-state index < -0.39 is 6.04 Å². The Kier molecular flexibility index (Phi) is 7.22. The summed E-state index contributed by atoms with van der Waals surface area (Å²) in [5.74, 6) is -0.352. The predicted molar refractivity (Wildman–Crippen MR) is 110 cm³/mol. The third kappa shape index (κ3) is 6.36. The van der Waals surface area contributed by atoms with E-state index in [9.17, 15) is 14.4 Å². The molecule has 6 nitrogen and oxygen atoms in total. The van der Waals surface area contributed by atoms with E-state index in [4.69, 9.17) is 0 Å². The first kappa shape index (κ1) is 21.9. The normalized spacial score (nSPS) is 15.1. The Morgan fingerprint density at radius 3 is 2.07 bits per heavy atom. The van der Waals surface area contributed by atoms with E-state index >= 15 is 0 Å². The predicted octanol–water partition coefficient (Wildman–Crippen LogP) is 2.38.